The third-order valence-electron chi connectivity index (χ3n) is 4.55. The van der Waals surface area contributed by atoms with Crippen LogP contribution in [0.2, 0.25) is 0 Å². The van der Waals surface area contributed by atoms with E-state index in [4.69, 9.17) is 0 Å². The van der Waals surface area contributed by atoms with Crippen molar-refractivity contribution < 1.29 is 9.59 Å². The predicted octanol–water partition coefficient (Wildman–Crippen LogP) is 2.62. The van der Waals surface area contributed by atoms with E-state index in [2.05, 4.69) is 20.5 Å². The first kappa shape index (κ1) is 19.4. The van der Waals surface area contributed by atoms with Crippen LogP contribution in [0.15, 0.2) is 35.7 Å². The number of rotatable bonds is 8. The van der Waals surface area contributed by atoms with Crippen LogP contribution < -0.4 is 5.32 Å². The fraction of sp³-hybridized carbons (Fsp3) is 0.474. The number of hydrogen-bond donors (Lipinski definition) is 2. The summed E-state index contributed by atoms with van der Waals surface area (Å²) in [6.45, 7) is 2.14. The van der Waals surface area contributed by atoms with E-state index in [-0.39, 0.29) is 11.8 Å². The Morgan fingerprint density at radius 1 is 1.22 bits per heavy atom. The maximum Gasteiger partial charge on any atom is 0.251 e. The van der Waals surface area contributed by atoms with Crippen molar-refractivity contribution in [2.24, 2.45) is 0 Å². The molecule has 0 radical (unpaired) electrons. The van der Waals surface area contributed by atoms with Crippen molar-refractivity contribution in [3.63, 3.8) is 0 Å². The molecule has 0 saturated carbocycles. The molecule has 2 amide bonds. The normalized spacial score (nSPS) is 14.8. The van der Waals surface area contributed by atoms with E-state index < -0.39 is 0 Å². The smallest absolute Gasteiger partial charge is 0.251 e. The van der Waals surface area contributed by atoms with Gasteiger partial charge in [0, 0.05) is 37.4 Å². The molecule has 1 fully saturated rings. The number of likely N-dealkylation sites (tertiary alicyclic amines) is 1. The molecule has 144 valence electrons. The number of carbonyl (C=O) groups excluding carboxylic acids is 2. The van der Waals surface area contributed by atoms with E-state index in [1.54, 1.807) is 11.8 Å². The monoisotopic (exact) mass is 387 g/mol. The zero-order chi connectivity index (χ0) is 18.9. The number of carbonyl (C=O) groups is 2. The lowest BCUT2D eigenvalue weighted by atomic mass is 10.1. The van der Waals surface area contributed by atoms with E-state index in [0.717, 1.165) is 55.2 Å². The first-order chi connectivity index (χ1) is 13.2. The summed E-state index contributed by atoms with van der Waals surface area (Å²) in [7, 11) is 0. The summed E-state index contributed by atoms with van der Waals surface area (Å²) in [6, 6.07) is 7.58. The third kappa shape index (κ3) is 6.09. The molecule has 1 aliphatic heterocycles. The van der Waals surface area contributed by atoms with Crippen molar-refractivity contribution in [2.75, 3.05) is 19.6 Å². The van der Waals surface area contributed by atoms with Gasteiger partial charge in [0.15, 0.2) is 5.16 Å². The van der Waals surface area contributed by atoms with Gasteiger partial charge in [0.1, 0.15) is 6.33 Å². The largest absolute Gasteiger partial charge is 0.352 e. The Bertz CT molecular complexity index is 733. The Balaban J connectivity index is 1.38. The van der Waals surface area contributed by atoms with Crippen LogP contribution in [0.1, 0.15) is 48.0 Å². The van der Waals surface area contributed by atoms with Crippen LogP contribution in [-0.2, 0) is 10.5 Å². The summed E-state index contributed by atoms with van der Waals surface area (Å²) in [4.78, 5) is 30.2. The first-order valence-electron chi connectivity index (χ1n) is 9.35. The summed E-state index contributed by atoms with van der Waals surface area (Å²) < 4.78 is 0. The first-order valence-corrected chi connectivity index (χ1v) is 10.3. The number of aromatic nitrogens is 3. The van der Waals surface area contributed by atoms with Gasteiger partial charge in [0.05, 0.1) is 0 Å². The molecule has 0 aliphatic carbocycles. The molecule has 2 aromatic rings. The van der Waals surface area contributed by atoms with E-state index in [1.165, 1.54) is 6.33 Å². The maximum atomic E-state index is 12.3. The topological polar surface area (TPSA) is 91.0 Å². The molecule has 1 aromatic heterocycles. The van der Waals surface area contributed by atoms with Gasteiger partial charge in [0.25, 0.3) is 5.91 Å². The Hall–Kier alpha value is -2.35. The molecule has 2 N–H and O–H groups in total. The van der Waals surface area contributed by atoms with Crippen LogP contribution in [0, 0.1) is 0 Å². The number of amides is 2. The van der Waals surface area contributed by atoms with E-state index in [1.807, 2.05) is 29.2 Å². The van der Waals surface area contributed by atoms with Gasteiger partial charge < -0.3 is 10.2 Å². The third-order valence-corrected chi connectivity index (χ3v) is 5.49. The van der Waals surface area contributed by atoms with Crippen molar-refractivity contribution >= 4 is 23.6 Å². The van der Waals surface area contributed by atoms with Crippen molar-refractivity contribution in [3.05, 3.63) is 41.7 Å². The standard InChI is InChI=1S/C19H25N5O2S/c25-17-5-2-1-3-11-24(17)12-4-10-20-18(26)16-8-6-15(7-9-16)13-27-19-21-14-22-23-19/h6-9,14H,1-5,10-13H2,(H,20,26)(H,21,22,23). The van der Waals surface area contributed by atoms with Crippen molar-refractivity contribution in [1.82, 2.24) is 25.4 Å². The van der Waals surface area contributed by atoms with Crippen LogP contribution in [-0.4, -0.2) is 51.5 Å². The predicted molar refractivity (Wildman–Crippen MR) is 104 cm³/mol. The van der Waals surface area contributed by atoms with Crippen LogP contribution in [0.25, 0.3) is 0 Å². The lowest BCUT2D eigenvalue weighted by molar-refractivity contribution is -0.130. The summed E-state index contributed by atoms with van der Waals surface area (Å²) >= 11 is 1.56. The highest BCUT2D eigenvalue weighted by atomic mass is 32.2. The highest BCUT2D eigenvalue weighted by Crippen LogP contribution is 2.18. The number of benzene rings is 1. The molecule has 0 bridgehead atoms. The van der Waals surface area contributed by atoms with Gasteiger partial charge in [-0.2, -0.15) is 5.10 Å². The molecule has 3 rings (SSSR count). The quantitative estimate of drug-likeness (QED) is 0.537. The molecule has 7 nitrogen and oxygen atoms in total. The van der Waals surface area contributed by atoms with Crippen LogP contribution in [0.5, 0.6) is 0 Å². The summed E-state index contributed by atoms with van der Waals surface area (Å²) in [6.07, 6.45) is 6.14. The number of thioether (sulfide) groups is 1. The van der Waals surface area contributed by atoms with Crippen molar-refractivity contribution in [1.29, 1.82) is 0 Å². The summed E-state index contributed by atoms with van der Waals surface area (Å²) in [5.41, 5.74) is 1.77. The number of aromatic amines is 1. The van der Waals surface area contributed by atoms with Gasteiger partial charge in [-0.1, -0.05) is 30.3 Å². The minimum atomic E-state index is -0.0772. The highest BCUT2D eigenvalue weighted by molar-refractivity contribution is 7.98. The molecule has 0 atom stereocenters. The zero-order valence-electron chi connectivity index (χ0n) is 15.3. The van der Waals surface area contributed by atoms with Gasteiger partial charge in [-0.15, -0.1) is 0 Å². The van der Waals surface area contributed by atoms with Crippen LogP contribution in [0.4, 0.5) is 0 Å². The van der Waals surface area contributed by atoms with E-state index in [0.29, 0.717) is 18.5 Å². The minimum Gasteiger partial charge on any atom is -0.352 e. The van der Waals surface area contributed by atoms with Crippen molar-refractivity contribution in [3.8, 4) is 0 Å². The molecule has 1 aliphatic rings. The average Bonchev–Trinajstić information content (AvgIpc) is 3.13. The molecular weight excluding hydrogens is 362 g/mol. The second-order valence-electron chi connectivity index (χ2n) is 6.58. The summed E-state index contributed by atoms with van der Waals surface area (Å²) in [5, 5.41) is 10.3. The number of nitrogens with one attached hydrogen (secondary N) is 2. The van der Waals surface area contributed by atoms with Crippen LogP contribution in [0.3, 0.4) is 0 Å². The minimum absolute atomic E-state index is 0.0772. The molecule has 2 heterocycles. The summed E-state index contributed by atoms with van der Waals surface area (Å²) in [5.74, 6) is 0.935. The van der Waals surface area contributed by atoms with Crippen molar-refractivity contribution in [2.45, 2.75) is 43.0 Å². The number of nitrogens with zero attached hydrogens (tertiary/aromatic N) is 3. The second-order valence-corrected chi connectivity index (χ2v) is 7.54. The molecule has 8 heteroatoms. The Labute approximate surface area is 163 Å². The molecular formula is C19H25N5O2S. The molecule has 27 heavy (non-hydrogen) atoms. The average molecular weight is 388 g/mol. The lowest BCUT2D eigenvalue weighted by Gasteiger charge is -2.20. The van der Waals surface area contributed by atoms with Crippen LogP contribution >= 0.6 is 11.8 Å². The molecule has 0 unspecified atom stereocenters. The van der Waals surface area contributed by atoms with E-state index in [9.17, 15) is 9.59 Å². The van der Waals surface area contributed by atoms with E-state index >= 15 is 0 Å². The number of H-pyrrole nitrogens is 1. The Kier molecular flexibility index (Phi) is 7.27. The Morgan fingerprint density at radius 3 is 2.85 bits per heavy atom. The molecule has 1 saturated heterocycles. The molecule has 0 spiro atoms. The maximum absolute atomic E-state index is 12.3. The SMILES string of the molecule is O=C(NCCCN1CCCCCC1=O)c1ccc(CSc2ncn[nH]2)cc1. The van der Waals surface area contributed by atoms with Gasteiger partial charge in [0.2, 0.25) is 5.91 Å². The fourth-order valence-corrected chi connectivity index (χ4v) is 3.75. The zero-order valence-corrected chi connectivity index (χ0v) is 16.1. The van der Waals surface area contributed by atoms with Gasteiger partial charge in [-0.3, -0.25) is 14.7 Å². The molecule has 1 aromatic carbocycles. The van der Waals surface area contributed by atoms with Gasteiger partial charge in [-0.05, 0) is 37.0 Å². The van der Waals surface area contributed by atoms with Gasteiger partial charge >= 0.3 is 0 Å². The highest BCUT2D eigenvalue weighted by Gasteiger charge is 2.15. The Morgan fingerprint density at radius 2 is 2.07 bits per heavy atom. The fourth-order valence-electron chi connectivity index (χ4n) is 3.02. The van der Waals surface area contributed by atoms with Gasteiger partial charge in [-0.25, -0.2) is 4.98 Å². The number of hydrogen-bond acceptors (Lipinski definition) is 5. The second kappa shape index (κ2) is 10.1. The lowest BCUT2D eigenvalue weighted by Crippen LogP contribution is -2.34.